The highest BCUT2D eigenvalue weighted by Gasteiger charge is 2.21. The molecule has 0 unspecified atom stereocenters. The Labute approximate surface area is 125 Å². The molecule has 6 nitrogen and oxygen atoms in total. The summed E-state index contributed by atoms with van der Waals surface area (Å²) < 4.78 is 27.4. The molecule has 0 bridgehead atoms. The number of hydrogen-bond acceptors (Lipinski definition) is 4. The van der Waals surface area contributed by atoms with E-state index in [1.54, 1.807) is 13.0 Å². The molecule has 0 saturated carbocycles. The Bertz CT molecular complexity index is 716. The number of aryl methyl sites for hydroxylation is 1. The quantitative estimate of drug-likeness (QED) is 0.903. The Morgan fingerprint density at radius 3 is 2.57 bits per heavy atom. The van der Waals surface area contributed by atoms with Crippen LogP contribution in [-0.4, -0.2) is 23.6 Å². The predicted molar refractivity (Wildman–Crippen MR) is 80.3 cm³/mol. The molecule has 0 aliphatic heterocycles. The van der Waals surface area contributed by atoms with Gasteiger partial charge < -0.3 is 0 Å². The van der Waals surface area contributed by atoms with Crippen LogP contribution in [0.2, 0.25) is 0 Å². The maximum absolute atomic E-state index is 12.5. The van der Waals surface area contributed by atoms with Crippen molar-refractivity contribution in [1.82, 2.24) is 19.9 Å². The molecular weight excluding hydrogens is 288 g/mol. The van der Waals surface area contributed by atoms with Gasteiger partial charge in [-0.3, -0.25) is 5.10 Å². The van der Waals surface area contributed by atoms with E-state index in [4.69, 9.17) is 0 Å². The van der Waals surface area contributed by atoms with Gasteiger partial charge in [-0.25, -0.2) is 18.1 Å². The topological polar surface area (TPSA) is 87.7 Å². The molecule has 114 valence electrons. The third-order valence-corrected chi connectivity index (χ3v) is 4.78. The van der Waals surface area contributed by atoms with Crippen molar-refractivity contribution in [3.8, 4) is 0 Å². The van der Waals surface area contributed by atoms with Gasteiger partial charge in [-0.1, -0.05) is 32.9 Å². The van der Waals surface area contributed by atoms with E-state index >= 15 is 0 Å². The Kier molecular flexibility index (Phi) is 4.15. The average molecular weight is 308 g/mol. The largest absolute Gasteiger partial charge is 0.262 e. The minimum atomic E-state index is -3.59. The summed E-state index contributed by atoms with van der Waals surface area (Å²) in [6.45, 7) is 8.03. The van der Waals surface area contributed by atoms with Gasteiger partial charge in [-0.2, -0.15) is 5.10 Å². The minimum absolute atomic E-state index is 0.0848. The van der Waals surface area contributed by atoms with Gasteiger partial charge in [0.2, 0.25) is 10.0 Å². The Hall–Kier alpha value is -1.73. The van der Waals surface area contributed by atoms with Crippen LogP contribution < -0.4 is 4.72 Å². The van der Waals surface area contributed by atoms with Gasteiger partial charge in [-0.15, -0.1) is 0 Å². The van der Waals surface area contributed by atoms with E-state index in [1.165, 1.54) is 6.33 Å². The van der Waals surface area contributed by atoms with E-state index in [1.807, 2.05) is 12.1 Å². The van der Waals surface area contributed by atoms with E-state index in [-0.39, 0.29) is 12.0 Å². The number of hydrogen-bond donors (Lipinski definition) is 2. The average Bonchev–Trinajstić information content (AvgIpc) is 2.88. The summed E-state index contributed by atoms with van der Waals surface area (Å²) in [5.74, 6) is 0.475. The molecule has 2 aromatic rings. The zero-order valence-corrected chi connectivity index (χ0v) is 13.5. The molecule has 2 N–H and O–H groups in total. The molecule has 21 heavy (non-hydrogen) atoms. The smallest absolute Gasteiger partial charge is 0.241 e. The normalized spacial score (nSPS) is 12.6. The number of nitrogens with zero attached hydrogens (tertiary/aromatic N) is 2. The predicted octanol–water partition coefficient (Wildman–Crippen LogP) is 1.89. The molecule has 2 rings (SSSR count). The summed E-state index contributed by atoms with van der Waals surface area (Å²) in [6.07, 6.45) is 1.34. The molecule has 1 heterocycles. The monoisotopic (exact) mass is 308 g/mol. The lowest BCUT2D eigenvalue weighted by molar-refractivity contribution is 0.573. The van der Waals surface area contributed by atoms with E-state index in [9.17, 15) is 8.42 Å². The summed E-state index contributed by atoms with van der Waals surface area (Å²) in [6, 6.07) is 5.53. The van der Waals surface area contributed by atoms with E-state index in [0.29, 0.717) is 16.3 Å². The molecule has 1 aromatic heterocycles. The summed E-state index contributed by atoms with van der Waals surface area (Å²) in [5, 5.41) is 6.31. The fraction of sp³-hybridized carbons (Fsp3) is 0.429. The standard InChI is InChI=1S/C14H20N4O2S/c1-10-5-6-11(14(2,3)4)7-12(10)21(19,20)17-8-13-15-9-16-18-13/h5-7,9,17H,8H2,1-4H3,(H,15,16,18). The second-order valence-electron chi connectivity index (χ2n) is 5.99. The van der Waals surface area contributed by atoms with Crippen LogP contribution in [0.5, 0.6) is 0 Å². The molecule has 0 spiro atoms. The lowest BCUT2D eigenvalue weighted by Gasteiger charge is -2.20. The molecule has 1 aromatic carbocycles. The van der Waals surface area contributed by atoms with Crippen LogP contribution in [0, 0.1) is 6.92 Å². The number of aromatic nitrogens is 3. The first-order chi connectivity index (χ1) is 9.70. The van der Waals surface area contributed by atoms with Crippen LogP contribution in [0.25, 0.3) is 0 Å². The highest BCUT2D eigenvalue weighted by Crippen LogP contribution is 2.26. The lowest BCUT2D eigenvalue weighted by Crippen LogP contribution is -2.25. The number of nitrogens with one attached hydrogen (secondary N) is 2. The van der Waals surface area contributed by atoms with Crippen molar-refractivity contribution in [3.05, 3.63) is 41.5 Å². The molecule has 7 heteroatoms. The van der Waals surface area contributed by atoms with Crippen LogP contribution in [0.1, 0.15) is 37.7 Å². The highest BCUT2D eigenvalue weighted by molar-refractivity contribution is 7.89. The molecule has 0 saturated heterocycles. The summed E-state index contributed by atoms with van der Waals surface area (Å²) in [5.41, 5.74) is 1.59. The van der Waals surface area contributed by atoms with Gasteiger partial charge in [0.05, 0.1) is 11.4 Å². The molecular formula is C14H20N4O2S. The maximum atomic E-state index is 12.5. The van der Waals surface area contributed by atoms with E-state index in [0.717, 1.165) is 5.56 Å². The van der Waals surface area contributed by atoms with Crippen molar-refractivity contribution in [2.75, 3.05) is 0 Å². The first kappa shape index (κ1) is 15.7. The van der Waals surface area contributed by atoms with Crippen molar-refractivity contribution in [1.29, 1.82) is 0 Å². The number of H-pyrrole nitrogens is 1. The van der Waals surface area contributed by atoms with E-state index in [2.05, 4.69) is 40.7 Å². The maximum Gasteiger partial charge on any atom is 0.241 e. The van der Waals surface area contributed by atoms with Crippen LogP contribution in [-0.2, 0) is 22.0 Å². The number of aromatic amines is 1. The van der Waals surface area contributed by atoms with Crippen molar-refractivity contribution in [3.63, 3.8) is 0 Å². The first-order valence-corrected chi connectivity index (χ1v) is 8.13. The molecule has 0 amide bonds. The van der Waals surface area contributed by atoms with Crippen LogP contribution in [0.15, 0.2) is 29.4 Å². The SMILES string of the molecule is Cc1ccc(C(C)(C)C)cc1S(=O)(=O)NCc1ncn[nH]1. The first-order valence-electron chi connectivity index (χ1n) is 6.65. The van der Waals surface area contributed by atoms with Crippen LogP contribution >= 0.6 is 0 Å². The van der Waals surface area contributed by atoms with Gasteiger partial charge in [0.25, 0.3) is 0 Å². The summed E-state index contributed by atoms with van der Waals surface area (Å²) in [7, 11) is -3.59. The lowest BCUT2D eigenvalue weighted by atomic mass is 9.87. The molecule has 0 radical (unpaired) electrons. The van der Waals surface area contributed by atoms with E-state index < -0.39 is 10.0 Å². The number of rotatable bonds is 4. The summed E-state index contributed by atoms with van der Waals surface area (Å²) in [4.78, 5) is 4.20. The summed E-state index contributed by atoms with van der Waals surface area (Å²) >= 11 is 0. The van der Waals surface area contributed by atoms with Crippen molar-refractivity contribution in [2.45, 2.75) is 44.6 Å². The number of benzene rings is 1. The van der Waals surface area contributed by atoms with Crippen molar-refractivity contribution >= 4 is 10.0 Å². The van der Waals surface area contributed by atoms with Gasteiger partial charge in [0, 0.05) is 0 Å². The van der Waals surface area contributed by atoms with Gasteiger partial charge >= 0.3 is 0 Å². The Morgan fingerprint density at radius 2 is 2.00 bits per heavy atom. The zero-order valence-electron chi connectivity index (χ0n) is 12.6. The minimum Gasteiger partial charge on any atom is -0.262 e. The molecule has 0 atom stereocenters. The molecule has 0 aliphatic rings. The fourth-order valence-electron chi connectivity index (χ4n) is 1.91. The van der Waals surface area contributed by atoms with Gasteiger partial charge in [0.15, 0.2) is 0 Å². The third kappa shape index (κ3) is 3.68. The second kappa shape index (κ2) is 5.57. The Morgan fingerprint density at radius 1 is 1.29 bits per heavy atom. The molecule has 0 fully saturated rings. The zero-order chi connectivity index (χ0) is 15.7. The van der Waals surface area contributed by atoms with Gasteiger partial charge in [-0.05, 0) is 29.5 Å². The van der Waals surface area contributed by atoms with Crippen LogP contribution in [0.4, 0.5) is 0 Å². The second-order valence-corrected chi connectivity index (χ2v) is 7.72. The molecule has 0 aliphatic carbocycles. The van der Waals surface area contributed by atoms with Gasteiger partial charge in [0.1, 0.15) is 12.2 Å². The highest BCUT2D eigenvalue weighted by atomic mass is 32.2. The van der Waals surface area contributed by atoms with Crippen molar-refractivity contribution < 1.29 is 8.42 Å². The van der Waals surface area contributed by atoms with Crippen molar-refractivity contribution in [2.24, 2.45) is 0 Å². The number of sulfonamides is 1. The van der Waals surface area contributed by atoms with Crippen LogP contribution in [0.3, 0.4) is 0 Å². The third-order valence-electron chi connectivity index (χ3n) is 3.24. The Balaban J connectivity index is 2.31. The fourth-order valence-corrected chi connectivity index (χ4v) is 3.17.